The molecule has 166 valence electrons. The molecular formula is C26H23N3O4. The maximum atomic E-state index is 13.6. The predicted octanol–water partition coefficient (Wildman–Crippen LogP) is 5.23. The lowest BCUT2D eigenvalue weighted by Crippen LogP contribution is -2.32. The van der Waals surface area contributed by atoms with Crippen LogP contribution in [0.5, 0.6) is 0 Å². The number of aryl methyl sites for hydroxylation is 4. The Hall–Kier alpha value is -4.26. The van der Waals surface area contributed by atoms with E-state index in [-0.39, 0.29) is 17.0 Å². The van der Waals surface area contributed by atoms with Gasteiger partial charge in [-0.3, -0.25) is 19.7 Å². The average molecular weight is 441 g/mol. The lowest BCUT2D eigenvalue weighted by molar-refractivity contribution is -0.384. The number of nitro benzene ring substituents is 1. The minimum absolute atomic E-state index is 0.0917. The Morgan fingerprint density at radius 2 is 1.42 bits per heavy atom. The highest BCUT2D eigenvalue weighted by molar-refractivity contribution is 6.46. The fourth-order valence-corrected chi connectivity index (χ4v) is 3.94. The predicted molar refractivity (Wildman–Crippen MR) is 128 cm³/mol. The zero-order chi connectivity index (χ0) is 23.9. The zero-order valence-electron chi connectivity index (χ0n) is 18.8. The van der Waals surface area contributed by atoms with Crippen molar-refractivity contribution >= 4 is 34.4 Å². The summed E-state index contributed by atoms with van der Waals surface area (Å²) in [5.74, 6) is -0.957. The zero-order valence-corrected chi connectivity index (χ0v) is 18.8. The molecule has 7 nitrogen and oxygen atoms in total. The van der Waals surface area contributed by atoms with E-state index in [1.54, 1.807) is 12.1 Å². The Morgan fingerprint density at radius 1 is 0.788 bits per heavy atom. The van der Waals surface area contributed by atoms with Crippen molar-refractivity contribution in [3.05, 3.63) is 104 Å². The molecule has 2 amide bonds. The number of nitrogens with zero attached hydrogens (tertiary/aromatic N) is 2. The molecule has 3 aromatic rings. The van der Waals surface area contributed by atoms with E-state index in [1.165, 1.54) is 24.3 Å². The third-order valence-electron chi connectivity index (χ3n) is 5.69. The van der Waals surface area contributed by atoms with Crippen LogP contribution in [-0.4, -0.2) is 16.7 Å². The number of hydrogen-bond donors (Lipinski definition) is 1. The normalized spacial score (nSPS) is 13.6. The van der Waals surface area contributed by atoms with Crippen LogP contribution in [0.3, 0.4) is 0 Å². The smallest absolute Gasteiger partial charge is 0.282 e. The summed E-state index contributed by atoms with van der Waals surface area (Å²) in [6.07, 6.45) is 0. The van der Waals surface area contributed by atoms with Crippen LogP contribution in [0.25, 0.3) is 5.57 Å². The molecular weight excluding hydrogens is 418 g/mol. The van der Waals surface area contributed by atoms with Crippen molar-refractivity contribution in [1.82, 2.24) is 0 Å². The average Bonchev–Trinajstić information content (AvgIpc) is 2.99. The van der Waals surface area contributed by atoms with Gasteiger partial charge in [-0.2, -0.15) is 0 Å². The molecule has 0 atom stereocenters. The van der Waals surface area contributed by atoms with E-state index in [0.29, 0.717) is 16.9 Å². The van der Waals surface area contributed by atoms with Crippen molar-refractivity contribution in [2.24, 2.45) is 0 Å². The minimum atomic E-state index is -0.504. The summed E-state index contributed by atoms with van der Waals surface area (Å²) in [6, 6.07) is 16.9. The molecule has 0 radical (unpaired) electrons. The van der Waals surface area contributed by atoms with Crippen molar-refractivity contribution < 1.29 is 14.5 Å². The second-order valence-electron chi connectivity index (χ2n) is 8.27. The lowest BCUT2D eigenvalue weighted by Gasteiger charge is -2.17. The van der Waals surface area contributed by atoms with Crippen LogP contribution in [0.1, 0.15) is 27.8 Å². The number of hydrogen-bond acceptors (Lipinski definition) is 5. The van der Waals surface area contributed by atoms with E-state index >= 15 is 0 Å². The summed E-state index contributed by atoms with van der Waals surface area (Å²) in [5, 5.41) is 14.2. The molecule has 1 aliphatic heterocycles. The Morgan fingerprint density at radius 3 is 2.00 bits per heavy atom. The van der Waals surface area contributed by atoms with Crippen molar-refractivity contribution in [2.75, 3.05) is 10.2 Å². The van der Waals surface area contributed by atoms with Gasteiger partial charge in [0, 0.05) is 17.8 Å². The Balaban J connectivity index is 1.84. The third kappa shape index (κ3) is 4.13. The van der Waals surface area contributed by atoms with Crippen LogP contribution < -0.4 is 10.2 Å². The van der Waals surface area contributed by atoms with Crippen LogP contribution in [0.2, 0.25) is 0 Å². The molecule has 1 aliphatic rings. The molecule has 0 unspecified atom stereocenters. The number of rotatable bonds is 5. The fraction of sp³-hybridized carbons (Fsp3) is 0.154. The Bertz CT molecular complexity index is 1320. The number of nitro groups is 1. The first-order chi connectivity index (χ1) is 15.7. The first kappa shape index (κ1) is 22.0. The van der Waals surface area contributed by atoms with Crippen LogP contribution in [0.4, 0.5) is 17.1 Å². The number of nitrogens with one attached hydrogen (secondary N) is 1. The van der Waals surface area contributed by atoms with Gasteiger partial charge in [0.15, 0.2) is 0 Å². The van der Waals surface area contributed by atoms with E-state index in [0.717, 1.165) is 27.2 Å². The van der Waals surface area contributed by atoms with Crippen LogP contribution in [0.15, 0.2) is 66.4 Å². The number of imide groups is 1. The molecule has 3 aromatic carbocycles. The van der Waals surface area contributed by atoms with Gasteiger partial charge in [0.1, 0.15) is 5.70 Å². The van der Waals surface area contributed by atoms with Crippen molar-refractivity contribution in [3.8, 4) is 0 Å². The van der Waals surface area contributed by atoms with Crippen LogP contribution in [-0.2, 0) is 9.59 Å². The summed E-state index contributed by atoms with van der Waals surface area (Å²) in [5.41, 5.74) is 5.81. The van der Waals surface area contributed by atoms with E-state index in [9.17, 15) is 19.7 Å². The van der Waals surface area contributed by atoms with Gasteiger partial charge in [0.2, 0.25) is 0 Å². The second-order valence-corrected chi connectivity index (χ2v) is 8.27. The first-order valence-electron chi connectivity index (χ1n) is 10.5. The number of benzene rings is 3. The molecule has 0 saturated heterocycles. The summed E-state index contributed by atoms with van der Waals surface area (Å²) < 4.78 is 0. The number of non-ortho nitro benzene ring substituents is 1. The SMILES string of the molecule is Cc1cc(C)cc(N2C(=O)C(Nc3ccc(C)c(C)c3)=C(c3ccc([N+](=O)[O-])cc3)C2=O)c1. The number of anilines is 2. The summed E-state index contributed by atoms with van der Waals surface area (Å²) in [6.45, 7) is 7.77. The van der Waals surface area contributed by atoms with Crippen molar-refractivity contribution in [3.63, 3.8) is 0 Å². The summed E-state index contributed by atoms with van der Waals surface area (Å²) in [4.78, 5) is 38.8. The highest BCUT2D eigenvalue weighted by Gasteiger charge is 2.40. The summed E-state index contributed by atoms with van der Waals surface area (Å²) in [7, 11) is 0. The maximum Gasteiger partial charge on any atom is 0.282 e. The highest BCUT2D eigenvalue weighted by atomic mass is 16.6. The van der Waals surface area contributed by atoms with Gasteiger partial charge in [-0.1, -0.05) is 12.1 Å². The van der Waals surface area contributed by atoms with E-state index in [4.69, 9.17) is 0 Å². The Labute approximate surface area is 191 Å². The molecule has 1 N–H and O–H groups in total. The molecule has 0 fully saturated rings. The molecule has 1 heterocycles. The number of carbonyl (C=O) groups is 2. The molecule has 0 spiro atoms. The fourth-order valence-electron chi connectivity index (χ4n) is 3.94. The quantitative estimate of drug-likeness (QED) is 0.333. The van der Waals surface area contributed by atoms with Gasteiger partial charge in [-0.05, 0) is 91.9 Å². The number of amides is 2. The standard InChI is InChI=1S/C26H23N3O4/c1-15-11-16(2)13-22(12-15)28-25(30)23(19-6-9-21(10-7-19)29(32)33)24(26(28)31)27-20-8-5-17(3)18(4)14-20/h5-14,27H,1-4H3. The van der Waals surface area contributed by atoms with Crippen LogP contribution in [0, 0.1) is 37.8 Å². The van der Waals surface area contributed by atoms with Gasteiger partial charge < -0.3 is 5.32 Å². The van der Waals surface area contributed by atoms with E-state index in [1.807, 2.05) is 52.0 Å². The second kappa shape index (κ2) is 8.35. The molecule has 33 heavy (non-hydrogen) atoms. The minimum Gasteiger partial charge on any atom is -0.350 e. The first-order valence-corrected chi connectivity index (χ1v) is 10.5. The molecule has 4 rings (SSSR count). The highest BCUT2D eigenvalue weighted by Crippen LogP contribution is 2.35. The Kier molecular flexibility index (Phi) is 5.55. The van der Waals surface area contributed by atoms with Crippen molar-refractivity contribution in [1.29, 1.82) is 0 Å². The van der Waals surface area contributed by atoms with Gasteiger partial charge in [0.25, 0.3) is 17.5 Å². The van der Waals surface area contributed by atoms with E-state index in [2.05, 4.69) is 5.32 Å². The maximum absolute atomic E-state index is 13.6. The molecule has 0 aliphatic carbocycles. The molecule has 7 heteroatoms. The monoisotopic (exact) mass is 441 g/mol. The van der Waals surface area contributed by atoms with E-state index < -0.39 is 16.7 Å². The summed E-state index contributed by atoms with van der Waals surface area (Å²) >= 11 is 0. The lowest BCUT2D eigenvalue weighted by atomic mass is 10.0. The van der Waals surface area contributed by atoms with Gasteiger partial charge in [-0.15, -0.1) is 0 Å². The third-order valence-corrected chi connectivity index (χ3v) is 5.69. The number of carbonyl (C=O) groups excluding carboxylic acids is 2. The molecule has 0 aromatic heterocycles. The van der Waals surface area contributed by atoms with Gasteiger partial charge in [-0.25, -0.2) is 4.90 Å². The topological polar surface area (TPSA) is 92.6 Å². The molecule has 0 saturated carbocycles. The van der Waals surface area contributed by atoms with Gasteiger partial charge in [0.05, 0.1) is 16.2 Å². The molecule has 0 bridgehead atoms. The largest absolute Gasteiger partial charge is 0.350 e. The van der Waals surface area contributed by atoms with Gasteiger partial charge >= 0.3 is 0 Å². The van der Waals surface area contributed by atoms with Crippen LogP contribution >= 0.6 is 0 Å². The van der Waals surface area contributed by atoms with Crippen molar-refractivity contribution in [2.45, 2.75) is 27.7 Å².